The Bertz CT molecular complexity index is 2100. The molecule has 4 heterocycles. The van der Waals surface area contributed by atoms with Gasteiger partial charge in [0.2, 0.25) is 0 Å². The van der Waals surface area contributed by atoms with Gasteiger partial charge in [0.25, 0.3) is 11.5 Å². The number of nitrogens with one attached hydrogen (secondary N) is 1. The topological polar surface area (TPSA) is 104 Å². The van der Waals surface area contributed by atoms with Crippen LogP contribution in [0.2, 0.25) is 0 Å². The Morgan fingerprint density at radius 1 is 1.02 bits per heavy atom. The standard InChI is InChI=1S/C37H34F2N4O6/c1-3-22-19-42(20-22)13-15-47-33-18-29-27(17-32(33)46-2)30(10-12-40-29)49-31-9-6-25(16-28(31)39)41-36(44)34-35-23(11-14-48-35)21-43(37(34)45)26-7-4-24(38)5-8-26/h4-10,12,16-18,21-22H,3,11,13-15,19-20H2,1-2H3,(H,41,44). The maximum absolute atomic E-state index is 15.4. The third-order valence-electron chi connectivity index (χ3n) is 8.86. The van der Waals surface area contributed by atoms with Crippen molar-refractivity contribution in [2.24, 2.45) is 5.92 Å². The van der Waals surface area contributed by atoms with Crippen LogP contribution < -0.4 is 29.8 Å². The molecule has 1 N–H and O–H groups in total. The van der Waals surface area contributed by atoms with E-state index in [1.807, 2.05) is 0 Å². The first-order valence-electron chi connectivity index (χ1n) is 16.1. The van der Waals surface area contributed by atoms with Gasteiger partial charge in [0.05, 0.1) is 19.2 Å². The minimum atomic E-state index is -0.770. The molecule has 0 bridgehead atoms. The normalized spacial score (nSPS) is 14.2. The highest BCUT2D eigenvalue weighted by Gasteiger charge is 2.28. The van der Waals surface area contributed by atoms with Crippen LogP contribution in [0.25, 0.3) is 16.6 Å². The zero-order chi connectivity index (χ0) is 34.1. The molecule has 1 amide bonds. The number of benzene rings is 3. The lowest BCUT2D eigenvalue weighted by Crippen LogP contribution is -2.47. The number of likely N-dealkylation sites (tertiary alicyclic amines) is 1. The number of amides is 1. The van der Waals surface area contributed by atoms with Crippen molar-refractivity contribution in [2.45, 2.75) is 19.8 Å². The van der Waals surface area contributed by atoms with Gasteiger partial charge in [0.1, 0.15) is 29.5 Å². The van der Waals surface area contributed by atoms with Crippen molar-refractivity contribution in [2.75, 3.05) is 45.3 Å². The number of fused-ring (bicyclic) bond motifs is 2. The largest absolute Gasteiger partial charge is 0.493 e. The third-order valence-corrected chi connectivity index (χ3v) is 8.86. The minimum Gasteiger partial charge on any atom is -0.493 e. The second-order valence-corrected chi connectivity index (χ2v) is 12.0. The summed E-state index contributed by atoms with van der Waals surface area (Å²) < 4.78 is 53.5. The van der Waals surface area contributed by atoms with Crippen LogP contribution in [0.4, 0.5) is 14.5 Å². The Balaban J connectivity index is 1.09. The number of carbonyl (C=O) groups is 1. The summed E-state index contributed by atoms with van der Waals surface area (Å²) in [4.78, 5) is 33.7. The second-order valence-electron chi connectivity index (χ2n) is 12.0. The number of ether oxygens (including phenoxy) is 4. The number of nitrogens with zero attached hydrogens (tertiary/aromatic N) is 3. The predicted molar refractivity (Wildman–Crippen MR) is 180 cm³/mol. The minimum absolute atomic E-state index is 0.0904. The van der Waals surface area contributed by atoms with E-state index in [0.29, 0.717) is 59.0 Å². The van der Waals surface area contributed by atoms with E-state index in [1.54, 1.807) is 37.7 Å². The van der Waals surface area contributed by atoms with Gasteiger partial charge in [-0.1, -0.05) is 13.3 Å². The molecule has 0 saturated carbocycles. The van der Waals surface area contributed by atoms with E-state index in [0.717, 1.165) is 31.6 Å². The van der Waals surface area contributed by atoms with Gasteiger partial charge in [-0.15, -0.1) is 0 Å². The number of hydrogen-bond acceptors (Lipinski definition) is 8. The molecule has 0 radical (unpaired) electrons. The highest BCUT2D eigenvalue weighted by atomic mass is 19.1. The summed E-state index contributed by atoms with van der Waals surface area (Å²) in [5.74, 6) is 0.266. The van der Waals surface area contributed by atoms with E-state index in [2.05, 4.69) is 22.1 Å². The second kappa shape index (κ2) is 13.6. The SMILES string of the molecule is CCC1CN(CCOc2cc3nccc(Oc4ccc(NC(=O)c5c6c(cn(-c7ccc(F)cc7)c5=O)CCO6)cc4F)c3cc2OC)C1. The average molecular weight is 669 g/mol. The molecule has 12 heteroatoms. The van der Waals surface area contributed by atoms with E-state index in [4.69, 9.17) is 18.9 Å². The molecule has 2 aliphatic heterocycles. The molecule has 2 aromatic heterocycles. The van der Waals surface area contributed by atoms with E-state index in [1.165, 1.54) is 47.4 Å². The molecule has 1 fully saturated rings. The van der Waals surface area contributed by atoms with Crippen molar-refractivity contribution in [1.82, 2.24) is 14.5 Å². The Kier molecular flexibility index (Phi) is 8.87. The van der Waals surface area contributed by atoms with Gasteiger partial charge < -0.3 is 24.3 Å². The molecule has 5 aromatic rings. The molecule has 0 aliphatic carbocycles. The lowest BCUT2D eigenvalue weighted by molar-refractivity contribution is 0.0801. The molecule has 0 unspecified atom stereocenters. The Morgan fingerprint density at radius 3 is 2.59 bits per heavy atom. The van der Waals surface area contributed by atoms with Crippen LogP contribution in [0.3, 0.4) is 0 Å². The molecule has 7 rings (SSSR count). The number of halogens is 2. The molecule has 1 saturated heterocycles. The molecule has 0 atom stereocenters. The molecular formula is C37H34F2N4O6. The van der Waals surface area contributed by atoms with Crippen LogP contribution in [0.1, 0.15) is 29.3 Å². The van der Waals surface area contributed by atoms with Crippen molar-refractivity contribution in [1.29, 1.82) is 0 Å². The van der Waals surface area contributed by atoms with Crippen LogP contribution in [0.5, 0.6) is 28.7 Å². The number of methoxy groups -OCH3 is 1. The lowest BCUT2D eigenvalue weighted by Gasteiger charge is -2.38. The number of rotatable bonds is 11. The highest BCUT2D eigenvalue weighted by molar-refractivity contribution is 6.06. The van der Waals surface area contributed by atoms with E-state index >= 15 is 4.39 Å². The number of aromatic nitrogens is 2. The molecule has 49 heavy (non-hydrogen) atoms. The van der Waals surface area contributed by atoms with E-state index in [-0.39, 0.29) is 22.7 Å². The molecule has 0 spiro atoms. The van der Waals surface area contributed by atoms with E-state index in [9.17, 15) is 14.0 Å². The fraction of sp³-hybridized carbons (Fsp3) is 0.270. The van der Waals surface area contributed by atoms with Gasteiger partial charge in [0.15, 0.2) is 23.1 Å². The van der Waals surface area contributed by atoms with Crippen LogP contribution in [0.15, 0.2) is 77.9 Å². The molecule has 252 valence electrons. The van der Waals surface area contributed by atoms with Crippen molar-refractivity contribution >= 4 is 22.5 Å². The first-order valence-corrected chi connectivity index (χ1v) is 16.1. The van der Waals surface area contributed by atoms with Gasteiger partial charge in [-0.2, -0.15) is 0 Å². The van der Waals surface area contributed by atoms with Gasteiger partial charge in [-0.25, -0.2) is 8.78 Å². The smallest absolute Gasteiger partial charge is 0.271 e. The summed E-state index contributed by atoms with van der Waals surface area (Å²) in [6, 6.07) is 14.4. The van der Waals surface area contributed by atoms with Gasteiger partial charge in [-0.3, -0.25) is 24.0 Å². The molecule has 2 aliphatic rings. The predicted octanol–water partition coefficient (Wildman–Crippen LogP) is 6.37. The quantitative estimate of drug-likeness (QED) is 0.173. The van der Waals surface area contributed by atoms with Crippen LogP contribution in [-0.4, -0.2) is 60.3 Å². The first kappa shape index (κ1) is 32.1. The Hall–Kier alpha value is -5.49. The van der Waals surface area contributed by atoms with Crippen LogP contribution in [-0.2, 0) is 6.42 Å². The molecule has 3 aromatic carbocycles. The van der Waals surface area contributed by atoms with Crippen molar-refractivity contribution < 1.29 is 32.5 Å². The maximum Gasteiger partial charge on any atom is 0.271 e. The average Bonchev–Trinajstić information content (AvgIpc) is 3.55. The third kappa shape index (κ3) is 6.51. The zero-order valence-electron chi connectivity index (χ0n) is 27.0. The number of carbonyl (C=O) groups excluding carboxylic acids is 1. The fourth-order valence-electron chi connectivity index (χ4n) is 6.12. The van der Waals surface area contributed by atoms with Gasteiger partial charge in [-0.05, 0) is 54.4 Å². The Labute approximate surface area is 280 Å². The maximum atomic E-state index is 15.4. The van der Waals surface area contributed by atoms with E-state index < -0.39 is 23.1 Å². The molecular weight excluding hydrogens is 634 g/mol. The monoisotopic (exact) mass is 668 g/mol. The van der Waals surface area contributed by atoms with Crippen molar-refractivity contribution in [3.05, 3.63) is 106 Å². The number of hydrogen-bond donors (Lipinski definition) is 1. The van der Waals surface area contributed by atoms with Crippen molar-refractivity contribution in [3.8, 4) is 34.4 Å². The summed E-state index contributed by atoms with van der Waals surface area (Å²) in [5.41, 5.74) is 0.841. The van der Waals surface area contributed by atoms with Gasteiger partial charge in [0, 0.05) is 72.9 Å². The summed E-state index contributed by atoms with van der Waals surface area (Å²) in [7, 11) is 1.55. The van der Waals surface area contributed by atoms with Crippen LogP contribution in [0, 0.1) is 17.6 Å². The van der Waals surface area contributed by atoms with Crippen LogP contribution >= 0.6 is 0 Å². The molecule has 10 nitrogen and oxygen atoms in total. The van der Waals surface area contributed by atoms with Crippen molar-refractivity contribution in [3.63, 3.8) is 0 Å². The fourth-order valence-corrected chi connectivity index (χ4v) is 6.12. The first-order chi connectivity index (χ1) is 23.8. The van der Waals surface area contributed by atoms with Gasteiger partial charge >= 0.3 is 0 Å². The number of pyridine rings is 2. The summed E-state index contributed by atoms with van der Waals surface area (Å²) in [6.45, 7) is 6.00. The highest BCUT2D eigenvalue weighted by Crippen LogP contribution is 2.38. The summed E-state index contributed by atoms with van der Waals surface area (Å²) in [6.07, 6.45) is 4.82. The summed E-state index contributed by atoms with van der Waals surface area (Å²) >= 11 is 0. The number of anilines is 1. The summed E-state index contributed by atoms with van der Waals surface area (Å²) in [5, 5.41) is 3.19. The lowest BCUT2D eigenvalue weighted by atomic mass is 9.98. The zero-order valence-corrected chi connectivity index (χ0v) is 27.0. The Morgan fingerprint density at radius 2 is 1.84 bits per heavy atom.